The number of carbonyl (C=O) groups excluding carboxylic acids is 2. The van der Waals surface area contributed by atoms with Crippen molar-refractivity contribution in [3.05, 3.63) is 65.2 Å². The van der Waals surface area contributed by atoms with E-state index in [9.17, 15) is 9.59 Å². The smallest absolute Gasteiger partial charge is 0.245 e. The number of aryl methyl sites for hydroxylation is 2. The van der Waals surface area contributed by atoms with Crippen molar-refractivity contribution >= 4 is 23.7 Å². The number of rotatable bonds is 6. The Morgan fingerprint density at radius 3 is 2.26 bits per heavy atom. The van der Waals surface area contributed by atoms with Crippen LogP contribution < -0.4 is 10.3 Å². The highest BCUT2D eigenvalue weighted by atomic mass is 16.2. The lowest BCUT2D eigenvalue weighted by molar-refractivity contribution is -0.126. The molecule has 3 rings (SSSR count). The summed E-state index contributed by atoms with van der Waals surface area (Å²) in [6, 6.07) is 15.9. The summed E-state index contributed by atoms with van der Waals surface area (Å²) in [6.45, 7) is 4.58. The normalized spacial score (nSPS) is 16.9. The molecule has 2 aromatic carbocycles. The first-order valence-corrected chi connectivity index (χ1v) is 9.41. The quantitative estimate of drug-likeness (QED) is 0.632. The van der Waals surface area contributed by atoms with Crippen LogP contribution in [0.3, 0.4) is 0 Å². The Labute approximate surface area is 160 Å². The number of anilines is 1. The molecule has 0 aromatic heterocycles. The van der Waals surface area contributed by atoms with Gasteiger partial charge in [-0.15, -0.1) is 0 Å². The molecule has 1 saturated heterocycles. The molecule has 0 saturated carbocycles. The average molecular weight is 363 g/mol. The van der Waals surface area contributed by atoms with Crippen LogP contribution in [0.15, 0.2) is 53.6 Å². The Bertz CT molecular complexity index is 826. The van der Waals surface area contributed by atoms with Crippen LogP contribution >= 0.6 is 0 Å². The molecule has 0 radical (unpaired) electrons. The first-order chi connectivity index (χ1) is 13.1. The van der Waals surface area contributed by atoms with Crippen molar-refractivity contribution in [3.63, 3.8) is 0 Å². The van der Waals surface area contributed by atoms with Gasteiger partial charge >= 0.3 is 0 Å². The fraction of sp³-hybridized carbons (Fsp3) is 0.318. The van der Waals surface area contributed by atoms with Crippen molar-refractivity contribution in [2.45, 2.75) is 33.1 Å². The maximum absolute atomic E-state index is 12.4. The molecule has 27 heavy (non-hydrogen) atoms. The van der Waals surface area contributed by atoms with E-state index >= 15 is 0 Å². The van der Waals surface area contributed by atoms with E-state index < -0.39 is 0 Å². The van der Waals surface area contributed by atoms with E-state index in [1.165, 1.54) is 11.1 Å². The van der Waals surface area contributed by atoms with Gasteiger partial charge in [0, 0.05) is 18.7 Å². The molecule has 5 nitrogen and oxygen atoms in total. The van der Waals surface area contributed by atoms with Gasteiger partial charge in [0.15, 0.2) is 0 Å². The van der Waals surface area contributed by atoms with Crippen LogP contribution in [-0.2, 0) is 22.4 Å². The van der Waals surface area contributed by atoms with Crippen LogP contribution in [0.5, 0.6) is 0 Å². The molecule has 1 aliphatic rings. The highest BCUT2D eigenvalue weighted by Gasteiger charge is 2.35. The summed E-state index contributed by atoms with van der Waals surface area (Å²) in [4.78, 5) is 26.3. The predicted octanol–water partition coefficient (Wildman–Crippen LogP) is 3.31. The van der Waals surface area contributed by atoms with E-state index in [-0.39, 0.29) is 24.2 Å². The highest BCUT2D eigenvalue weighted by molar-refractivity contribution is 6.00. The third-order valence-electron chi connectivity index (χ3n) is 4.93. The molecule has 0 bridgehead atoms. The SMILES string of the molecule is CCc1ccc(/C=N/NC(=O)[C@@H]2CC(=O)N(c3ccc(CC)cc3)C2)cc1. The van der Waals surface area contributed by atoms with Gasteiger partial charge in [0.1, 0.15) is 0 Å². The van der Waals surface area contributed by atoms with Crippen molar-refractivity contribution in [2.75, 3.05) is 11.4 Å². The molecule has 1 atom stereocenters. The lowest BCUT2D eigenvalue weighted by atomic mass is 10.1. The average Bonchev–Trinajstić information content (AvgIpc) is 3.10. The second kappa shape index (κ2) is 8.62. The van der Waals surface area contributed by atoms with Gasteiger partial charge in [-0.3, -0.25) is 9.59 Å². The van der Waals surface area contributed by atoms with Crippen LogP contribution in [0.2, 0.25) is 0 Å². The van der Waals surface area contributed by atoms with Gasteiger partial charge in [-0.05, 0) is 41.7 Å². The van der Waals surface area contributed by atoms with Crippen molar-refractivity contribution in [1.29, 1.82) is 0 Å². The molecule has 140 valence electrons. The topological polar surface area (TPSA) is 61.8 Å². The number of carbonyl (C=O) groups is 2. The molecule has 0 spiro atoms. The minimum atomic E-state index is -0.386. The third-order valence-corrected chi connectivity index (χ3v) is 4.93. The van der Waals surface area contributed by atoms with Gasteiger partial charge in [-0.25, -0.2) is 5.43 Å². The zero-order chi connectivity index (χ0) is 19.2. The number of hydrogen-bond acceptors (Lipinski definition) is 3. The number of hydrazone groups is 1. The Morgan fingerprint density at radius 1 is 1.07 bits per heavy atom. The predicted molar refractivity (Wildman–Crippen MR) is 108 cm³/mol. The summed E-state index contributed by atoms with van der Waals surface area (Å²) in [5.41, 5.74) is 6.81. The highest BCUT2D eigenvalue weighted by Crippen LogP contribution is 2.25. The van der Waals surface area contributed by atoms with E-state index in [0.29, 0.717) is 6.54 Å². The van der Waals surface area contributed by atoms with E-state index in [1.807, 2.05) is 48.5 Å². The fourth-order valence-electron chi connectivity index (χ4n) is 3.15. The first-order valence-electron chi connectivity index (χ1n) is 9.41. The molecule has 5 heteroatoms. The Balaban J connectivity index is 1.57. The molecule has 0 unspecified atom stereocenters. The molecule has 1 fully saturated rings. The summed E-state index contributed by atoms with van der Waals surface area (Å²) < 4.78 is 0. The molecule has 1 heterocycles. The molecule has 2 aromatic rings. The van der Waals surface area contributed by atoms with Crippen molar-refractivity contribution in [3.8, 4) is 0 Å². The van der Waals surface area contributed by atoms with E-state index in [0.717, 1.165) is 24.1 Å². The molecule has 1 N–H and O–H groups in total. The Kier molecular flexibility index (Phi) is 6.01. The standard InChI is InChI=1S/C22H25N3O2/c1-3-16-5-7-18(8-6-16)14-23-24-22(27)19-13-21(26)25(15-19)20-11-9-17(4-2)10-12-20/h5-12,14,19H,3-4,13,15H2,1-2H3,(H,24,27)/b23-14+/t19-/m1/s1. The Hall–Kier alpha value is -2.95. The lowest BCUT2D eigenvalue weighted by Gasteiger charge is -2.16. The maximum atomic E-state index is 12.4. The summed E-state index contributed by atoms with van der Waals surface area (Å²) in [5.74, 6) is -0.640. The van der Waals surface area contributed by atoms with Crippen LogP contribution in [0.4, 0.5) is 5.69 Å². The van der Waals surface area contributed by atoms with E-state index in [2.05, 4.69) is 24.4 Å². The monoisotopic (exact) mass is 363 g/mol. The molecule has 0 aliphatic carbocycles. The minimum Gasteiger partial charge on any atom is -0.312 e. The number of nitrogens with zero attached hydrogens (tertiary/aromatic N) is 2. The van der Waals surface area contributed by atoms with Crippen molar-refractivity contribution in [2.24, 2.45) is 11.0 Å². The number of hydrogen-bond donors (Lipinski definition) is 1. The van der Waals surface area contributed by atoms with E-state index in [4.69, 9.17) is 0 Å². The summed E-state index contributed by atoms with van der Waals surface area (Å²) in [7, 11) is 0. The molecule has 2 amide bonds. The van der Waals surface area contributed by atoms with Crippen LogP contribution in [-0.4, -0.2) is 24.6 Å². The zero-order valence-corrected chi connectivity index (χ0v) is 15.8. The van der Waals surface area contributed by atoms with Gasteiger partial charge < -0.3 is 4.90 Å². The molecular weight excluding hydrogens is 338 g/mol. The van der Waals surface area contributed by atoms with Crippen molar-refractivity contribution in [1.82, 2.24) is 5.43 Å². The maximum Gasteiger partial charge on any atom is 0.245 e. The molecular formula is C22H25N3O2. The number of benzene rings is 2. The summed E-state index contributed by atoms with van der Waals surface area (Å²) in [5, 5.41) is 4.03. The number of amides is 2. The van der Waals surface area contributed by atoms with Gasteiger partial charge in [0.25, 0.3) is 0 Å². The summed E-state index contributed by atoms with van der Waals surface area (Å²) >= 11 is 0. The van der Waals surface area contributed by atoms with Gasteiger partial charge in [-0.2, -0.15) is 5.10 Å². The van der Waals surface area contributed by atoms with E-state index in [1.54, 1.807) is 11.1 Å². The van der Waals surface area contributed by atoms with Gasteiger partial charge in [-0.1, -0.05) is 50.2 Å². The second-order valence-electron chi connectivity index (χ2n) is 6.75. The van der Waals surface area contributed by atoms with Gasteiger partial charge in [0.05, 0.1) is 12.1 Å². The molecule has 1 aliphatic heterocycles. The number of nitrogens with one attached hydrogen (secondary N) is 1. The van der Waals surface area contributed by atoms with Crippen molar-refractivity contribution < 1.29 is 9.59 Å². The first kappa shape index (κ1) is 18.8. The zero-order valence-electron chi connectivity index (χ0n) is 15.8. The minimum absolute atomic E-state index is 0.0291. The summed E-state index contributed by atoms with van der Waals surface area (Å²) in [6.07, 6.45) is 3.78. The van der Waals surface area contributed by atoms with Crippen LogP contribution in [0.1, 0.15) is 37.0 Å². The Morgan fingerprint density at radius 2 is 1.67 bits per heavy atom. The third kappa shape index (κ3) is 4.61. The largest absolute Gasteiger partial charge is 0.312 e. The van der Waals surface area contributed by atoms with Gasteiger partial charge in [0.2, 0.25) is 11.8 Å². The fourth-order valence-corrected chi connectivity index (χ4v) is 3.15. The second-order valence-corrected chi connectivity index (χ2v) is 6.75. The van der Waals surface area contributed by atoms with Crippen LogP contribution in [0.25, 0.3) is 0 Å². The van der Waals surface area contributed by atoms with Crippen LogP contribution in [0, 0.1) is 5.92 Å². The lowest BCUT2D eigenvalue weighted by Crippen LogP contribution is -2.30.